The molecule has 142 valence electrons. The maximum atomic E-state index is 13.1. The average Bonchev–Trinajstić information content (AvgIpc) is 2.68. The van der Waals surface area contributed by atoms with Crippen molar-refractivity contribution in [1.82, 2.24) is 19.1 Å². The molecule has 3 rings (SSSR count). The zero-order valence-corrected chi connectivity index (χ0v) is 16.3. The van der Waals surface area contributed by atoms with E-state index >= 15 is 0 Å². The molecular weight excluding hydrogens is 367 g/mol. The lowest BCUT2D eigenvalue weighted by Gasteiger charge is -2.12. The molecule has 0 bridgehead atoms. The zero-order valence-electron chi connectivity index (χ0n) is 15.5. The first kappa shape index (κ1) is 19.3. The molecule has 0 unspecified atom stereocenters. The van der Waals surface area contributed by atoms with Crippen molar-refractivity contribution >= 4 is 22.8 Å². The van der Waals surface area contributed by atoms with E-state index in [9.17, 15) is 14.0 Å². The summed E-state index contributed by atoms with van der Waals surface area (Å²) < 4.78 is 15.6. The molecule has 0 aliphatic rings. The van der Waals surface area contributed by atoms with Crippen LogP contribution in [0.1, 0.15) is 31.2 Å². The highest BCUT2D eigenvalue weighted by atomic mass is 32.2. The van der Waals surface area contributed by atoms with E-state index < -0.39 is 11.2 Å². The second-order valence-corrected chi connectivity index (χ2v) is 7.33. The van der Waals surface area contributed by atoms with E-state index in [2.05, 4.69) is 16.9 Å². The lowest BCUT2D eigenvalue weighted by molar-refractivity contribution is 0.627. The van der Waals surface area contributed by atoms with Crippen molar-refractivity contribution in [2.24, 2.45) is 14.1 Å². The van der Waals surface area contributed by atoms with Gasteiger partial charge in [0.15, 0.2) is 5.65 Å². The predicted molar refractivity (Wildman–Crippen MR) is 105 cm³/mol. The van der Waals surface area contributed by atoms with Gasteiger partial charge in [-0.15, -0.1) is 11.8 Å². The Morgan fingerprint density at radius 2 is 1.78 bits per heavy atom. The summed E-state index contributed by atoms with van der Waals surface area (Å²) in [6.07, 6.45) is 2.60. The standard InChI is InChI=1S/C19H21FN4O2S/c1-4-5-6-14-21-16-15(18(25)24(3)19(26)23(16)2)17(22-14)27-11-12-7-9-13(20)10-8-12/h7-10H,4-6,11H2,1-3H3. The normalized spacial score (nSPS) is 11.3. The van der Waals surface area contributed by atoms with E-state index in [1.807, 2.05) is 0 Å². The molecule has 27 heavy (non-hydrogen) atoms. The van der Waals surface area contributed by atoms with Crippen molar-refractivity contribution < 1.29 is 4.39 Å². The summed E-state index contributed by atoms with van der Waals surface area (Å²) in [4.78, 5) is 34.1. The first-order valence-corrected chi connectivity index (χ1v) is 9.74. The van der Waals surface area contributed by atoms with Crippen molar-refractivity contribution in [3.8, 4) is 0 Å². The number of thioether (sulfide) groups is 1. The molecule has 0 radical (unpaired) electrons. The van der Waals surface area contributed by atoms with Gasteiger partial charge in [0.25, 0.3) is 5.56 Å². The van der Waals surface area contributed by atoms with Crippen LogP contribution in [0, 0.1) is 5.82 Å². The van der Waals surface area contributed by atoms with E-state index in [-0.39, 0.29) is 5.82 Å². The maximum absolute atomic E-state index is 13.1. The van der Waals surface area contributed by atoms with Gasteiger partial charge in [-0.1, -0.05) is 25.5 Å². The number of hydrogen-bond donors (Lipinski definition) is 0. The fourth-order valence-electron chi connectivity index (χ4n) is 2.76. The lowest BCUT2D eigenvalue weighted by Crippen LogP contribution is -2.37. The van der Waals surface area contributed by atoms with Gasteiger partial charge in [0.1, 0.15) is 22.1 Å². The fraction of sp³-hybridized carbons (Fsp3) is 0.368. The number of fused-ring (bicyclic) bond motifs is 1. The number of unbranched alkanes of at least 4 members (excludes halogenated alkanes) is 1. The van der Waals surface area contributed by atoms with E-state index in [4.69, 9.17) is 0 Å². The van der Waals surface area contributed by atoms with Crippen LogP contribution in [0.15, 0.2) is 38.9 Å². The van der Waals surface area contributed by atoms with E-state index in [1.54, 1.807) is 19.2 Å². The van der Waals surface area contributed by atoms with Gasteiger partial charge in [0.2, 0.25) is 0 Å². The third-order valence-electron chi connectivity index (χ3n) is 4.36. The largest absolute Gasteiger partial charge is 0.332 e. The number of rotatable bonds is 6. The number of nitrogens with zero attached hydrogens (tertiary/aromatic N) is 4. The monoisotopic (exact) mass is 388 g/mol. The Hall–Kier alpha value is -2.48. The first-order chi connectivity index (χ1) is 12.9. The van der Waals surface area contributed by atoms with Crippen LogP contribution >= 0.6 is 11.8 Å². The van der Waals surface area contributed by atoms with Crippen molar-refractivity contribution in [3.05, 3.63) is 62.3 Å². The number of aryl methyl sites for hydroxylation is 2. The summed E-state index contributed by atoms with van der Waals surface area (Å²) >= 11 is 1.39. The summed E-state index contributed by atoms with van der Waals surface area (Å²) in [7, 11) is 3.05. The molecule has 2 aromatic heterocycles. The van der Waals surface area contributed by atoms with Crippen LogP contribution in [0.3, 0.4) is 0 Å². The van der Waals surface area contributed by atoms with Gasteiger partial charge in [0, 0.05) is 26.3 Å². The Balaban J connectivity index is 2.11. The maximum Gasteiger partial charge on any atom is 0.332 e. The average molecular weight is 388 g/mol. The SMILES string of the molecule is CCCCc1nc(SCc2ccc(F)cc2)c2c(=O)n(C)c(=O)n(C)c2n1. The third-order valence-corrected chi connectivity index (χ3v) is 5.40. The molecule has 0 N–H and O–H groups in total. The highest BCUT2D eigenvalue weighted by Crippen LogP contribution is 2.26. The Bertz CT molecular complexity index is 1090. The predicted octanol–water partition coefficient (Wildman–Crippen LogP) is 2.80. The molecule has 0 saturated carbocycles. The molecule has 0 atom stereocenters. The Kier molecular flexibility index (Phi) is 5.74. The summed E-state index contributed by atoms with van der Waals surface area (Å²) in [5, 5.41) is 0.888. The van der Waals surface area contributed by atoms with Gasteiger partial charge >= 0.3 is 5.69 Å². The first-order valence-electron chi connectivity index (χ1n) is 8.76. The van der Waals surface area contributed by atoms with Crippen molar-refractivity contribution in [2.45, 2.75) is 37.0 Å². The fourth-order valence-corrected chi connectivity index (χ4v) is 3.74. The number of halogens is 1. The molecule has 0 aliphatic heterocycles. The minimum absolute atomic E-state index is 0.290. The van der Waals surface area contributed by atoms with Crippen molar-refractivity contribution in [1.29, 1.82) is 0 Å². The van der Waals surface area contributed by atoms with E-state index in [0.717, 1.165) is 23.0 Å². The van der Waals surface area contributed by atoms with Crippen LogP contribution < -0.4 is 11.2 Å². The highest BCUT2D eigenvalue weighted by molar-refractivity contribution is 7.98. The number of hydrogen-bond acceptors (Lipinski definition) is 5. The quantitative estimate of drug-likeness (QED) is 0.480. The van der Waals surface area contributed by atoms with E-state index in [0.29, 0.717) is 34.1 Å². The highest BCUT2D eigenvalue weighted by Gasteiger charge is 2.17. The van der Waals surface area contributed by atoms with Crippen LogP contribution in [0.25, 0.3) is 11.0 Å². The van der Waals surface area contributed by atoms with Crippen LogP contribution in [-0.2, 0) is 26.3 Å². The van der Waals surface area contributed by atoms with Crippen LogP contribution in [0.2, 0.25) is 0 Å². The third kappa shape index (κ3) is 3.95. The van der Waals surface area contributed by atoms with Gasteiger partial charge < -0.3 is 0 Å². The second-order valence-electron chi connectivity index (χ2n) is 6.37. The van der Waals surface area contributed by atoms with Crippen molar-refractivity contribution in [3.63, 3.8) is 0 Å². The van der Waals surface area contributed by atoms with Crippen LogP contribution in [0.5, 0.6) is 0 Å². The minimum Gasteiger partial charge on any atom is -0.280 e. The summed E-state index contributed by atoms with van der Waals surface area (Å²) in [5.41, 5.74) is 0.453. The molecule has 6 nitrogen and oxygen atoms in total. The molecule has 8 heteroatoms. The molecular formula is C19H21FN4O2S. The topological polar surface area (TPSA) is 69.8 Å². The minimum atomic E-state index is -0.415. The van der Waals surface area contributed by atoms with Crippen LogP contribution in [0.4, 0.5) is 4.39 Å². The number of aromatic nitrogens is 4. The zero-order chi connectivity index (χ0) is 19.6. The molecule has 0 amide bonds. The molecule has 0 fully saturated rings. The molecule has 0 aliphatic carbocycles. The van der Waals surface area contributed by atoms with Gasteiger partial charge in [-0.05, 0) is 24.1 Å². The lowest BCUT2D eigenvalue weighted by atomic mass is 10.2. The van der Waals surface area contributed by atoms with Gasteiger partial charge in [-0.25, -0.2) is 19.2 Å². The molecule has 0 saturated heterocycles. The molecule has 0 spiro atoms. The van der Waals surface area contributed by atoms with Gasteiger partial charge in [-0.2, -0.15) is 0 Å². The molecule has 2 heterocycles. The van der Waals surface area contributed by atoms with Crippen LogP contribution in [-0.4, -0.2) is 19.1 Å². The number of benzene rings is 1. The van der Waals surface area contributed by atoms with E-state index in [1.165, 1.54) is 35.5 Å². The summed E-state index contributed by atoms with van der Waals surface area (Å²) in [5.74, 6) is 0.863. The second kappa shape index (κ2) is 8.04. The van der Waals surface area contributed by atoms with Crippen molar-refractivity contribution in [2.75, 3.05) is 0 Å². The Labute approximate surface area is 160 Å². The summed E-state index contributed by atoms with van der Waals surface area (Å²) in [6.45, 7) is 2.08. The molecule has 1 aromatic carbocycles. The van der Waals surface area contributed by atoms with Gasteiger partial charge in [0.05, 0.1) is 0 Å². The Morgan fingerprint density at radius 1 is 1.07 bits per heavy atom. The smallest absolute Gasteiger partial charge is 0.280 e. The molecule has 3 aromatic rings. The summed E-state index contributed by atoms with van der Waals surface area (Å²) in [6, 6.07) is 6.22. The Morgan fingerprint density at radius 3 is 2.44 bits per heavy atom. The van der Waals surface area contributed by atoms with Gasteiger partial charge in [-0.3, -0.25) is 13.9 Å².